The zero-order chi connectivity index (χ0) is 15.0. The van der Waals surface area contributed by atoms with Gasteiger partial charge in [-0.05, 0) is 23.6 Å². The summed E-state index contributed by atoms with van der Waals surface area (Å²) in [5, 5.41) is 3.53. The average Bonchev–Trinajstić information content (AvgIpc) is 2.45. The summed E-state index contributed by atoms with van der Waals surface area (Å²) < 4.78 is 0. The maximum absolute atomic E-state index is 3.53. The highest BCUT2D eigenvalue weighted by atomic mass is 15.1. The number of benzene rings is 1. The largest absolute Gasteiger partial charge is 0.310 e. The number of nitrogens with zero attached hydrogens (tertiary/aromatic N) is 1. The molecule has 2 heteroatoms. The molecule has 0 saturated carbocycles. The first-order chi connectivity index (χ1) is 9.56. The van der Waals surface area contributed by atoms with Gasteiger partial charge in [0.1, 0.15) is 0 Å². The van der Waals surface area contributed by atoms with Crippen LogP contribution in [0.4, 0.5) is 0 Å². The van der Waals surface area contributed by atoms with Crippen molar-refractivity contribution >= 4 is 0 Å². The van der Waals surface area contributed by atoms with E-state index in [-0.39, 0.29) is 0 Å². The third-order valence-electron chi connectivity index (χ3n) is 3.93. The van der Waals surface area contributed by atoms with E-state index in [1.165, 1.54) is 24.1 Å². The molecule has 0 aliphatic carbocycles. The number of nitrogens with one attached hydrogen (secondary N) is 1. The van der Waals surface area contributed by atoms with Crippen molar-refractivity contribution in [2.24, 2.45) is 5.92 Å². The van der Waals surface area contributed by atoms with Crippen LogP contribution in [-0.4, -0.2) is 24.0 Å². The van der Waals surface area contributed by atoms with Gasteiger partial charge in [0.2, 0.25) is 0 Å². The zero-order valence-electron chi connectivity index (χ0n) is 13.9. The predicted octanol–water partition coefficient (Wildman–Crippen LogP) is 4.05. The molecule has 0 saturated heterocycles. The molecule has 0 bridgehead atoms. The third kappa shape index (κ3) is 6.06. The molecule has 0 heterocycles. The molecule has 0 radical (unpaired) electrons. The lowest BCUT2D eigenvalue weighted by molar-refractivity contribution is 0.237. The lowest BCUT2D eigenvalue weighted by Gasteiger charge is -2.25. The van der Waals surface area contributed by atoms with Crippen LogP contribution in [-0.2, 0) is 13.1 Å². The van der Waals surface area contributed by atoms with Crippen LogP contribution in [0.1, 0.15) is 52.2 Å². The summed E-state index contributed by atoms with van der Waals surface area (Å²) in [5.74, 6) is 0.774. The van der Waals surface area contributed by atoms with Crippen molar-refractivity contribution in [3.8, 4) is 0 Å². The lowest BCUT2D eigenvalue weighted by atomic mass is 10.0. The molecule has 0 amide bonds. The molecule has 1 aromatic rings. The standard InChI is InChI=1S/C18H32N2/c1-6-16(5)13-20(7-2)14-18-11-9-8-10-17(18)12-19-15(3)4/h8-11,15-16,19H,6-7,12-14H2,1-5H3. The SMILES string of the molecule is CCC(C)CN(CC)Cc1ccccc1CNC(C)C. The van der Waals surface area contributed by atoms with Crippen LogP contribution in [0.25, 0.3) is 0 Å². The molecule has 114 valence electrons. The molecule has 1 atom stereocenters. The minimum atomic E-state index is 0.533. The smallest absolute Gasteiger partial charge is 0.0236 e. The Morgan fingerprint density at radius 1 is 1.05 bits per heavy atom. The zero-order valence-corrected chi connectivity index (χ0v) is 13.9. The van der Waals surface area contributed by atoms with Gasteiger partial charge in [-0.1, -0.05) is 65.3 Å². The molecular weight excluding hydrogens is 244 g/mol. The van der Waals surface area contributed by atoms with Crippen LogP contribution in [0.15, 0.2) is 24.3 Å². The molecule has 1 aromatic carbocycles. The Morgan fingerprint density at radius 2 is 1.70 bits per heavy atom. The number of rotatable bonds is 9. The molecule has 2 nitrogen and oxygen atoms in total. The van der Waals surface area contributed by atoms with Crippen molar-refractivity contribution in [1.82, 2.24) is 10.2 Å². The van der Waals surface area contributed by atoms with E-state index in [4.69, 9.17) is 0 Å². The fraction of sp³-hybridized carbons (Fsp3) is 0.667. The number of hydrogen-bond donors (Lipinski definition) is 1. The van der Waals surface area contributed by atoms with E-state index in [1.54, 1.807) is 0 Å². The fourth-order valence-corrected chi connectivity index (χ4v) is 2.31. The third-order valence-corrected chi connectivity index (χ3v) is 3.93. The second kappa shape index (κ2) is 9.15. The summed E-state index contributed by atoms with van der Waals surface area (Å²) in [7, 11) is 0. The highest BCUT2D eigenvalue weighted by Crippen LogP contribution is 2.14. The second-order valence-corrected chi connectivity index (χ2v) is 6.15. The van der Waals surface area contributed by atoms with Crippen molar-refractivity contribution in [3.05, 3.63) is 35.4 Å². The van der Waals surface area contributed by atoms with Crippen molar-refractivity contribution in [2.45, 2.75) is 60.2 Å². The highest BCUT2D eigenvalue weighted by molar-refractivity contribution is 5.27. The van der Waals surface area contributed by atoms with Gasteiger partial charge in [-0.25, -0.2) is 0 Å². The number of hydrogen-bond acceptors (Lipinski definition) is 2. The Bertz CT molecular complexity index is 373. The summed E-state index contributed by atoms with van der Waals surface area (Å²) in [6.45, 7) is 15.6. The van der Waals surface area contributed by atoms with E-state index in [0.29, 0.717) is 6.04 Å². The van der Waals surface area contributed by atoms with Gasteiger partial charge in [-0.15, -0.1) is 0 Å². The van der Waals surface area contributed by atoms with E-state index in [2.05, 4.69) is 69.1 Å². The first kappa shape index (κ1) is 17.2. The van der Waals surface area contributed by atoms with Crippen molar-refractivity contribution in [1.29, 1.82) is 0 Å². The molecule has 1 rings (SSSR count). The lowest BCUT2D eigenvalue weighted by Crippen LogP contribution is -2.29. The molecule has 1 unspecified atom stereocenters. The quantitative estimate of drug-likeness (QED) is 0.732. The van der Waals surface area contributed by atoms with Crippen LogP contribution in [0.5, 0.6) is 0 Å². The highest BCUT2D eigenvalue weighted by Gasteiger charge is 2.10. The van der Waals surface area contributed by atoms with Gasteiger partial charge in [-0.3, -0.25) is 4.90 Å². The first-order valence-corrected chi connectivity index (χ1v) is 8.09. The van der Waals surface area contributed by atoms with Crippen LogP contribution >= 0.6 is 0 Å². The fourth-order valence-electron chi connectivity index (χ4n) is 2.31. The van der Waals surface area contributed by atoms with Gasteiger partial charge in [0.05, 0.1) is 0 Å². The van der Waals surface area contributed by atoms with Gasteiger partial charge in [0.25, 0.3) is 0 Å². The summed E-state index contributed by atoms with van der Waals surface area (Å²) >= 11 is 0. The molecule has 0 aromatic heterocycles. The van der Waals surface area contributed by atoms with Gasteiger partial charge >= 0.3 is 0 Å². The summed E-state index contributed by atoms with van der Waals surface area (Å²) in [5.41, 5.74) is 2.90. The molecule has 20 heavy (non-hydrogen) atoms. The van der Waals surface area contributed by atoms with Crippen LogP contribution in [0.3, 0.4) is 0 Å². The Hall–Kier alpha value is -0.860. The summed E-state index contributed by atoms with van der Waals surface area (Å²) in [6, 6.07) is 9.36. The monoisotopic (exact) mass is 276 g/mol. The van der Waals surface area contributed by atoms with E-state index in [0.717, 1.165) is 25.6 Å². The molecular formula is C18H32N2. The minimum Gasteiger partial charge on any atom is -0.310 e. The van der Waals surface area contributed by atoms with Crippen LogP contribution in [0.2, 0.25) is 0 Å². The Kier molecular flexibility index (Phi) is 7.86. The molecule has 0 fully saturated rings. The van der Waals surface area contributed by atoms with E-state index in [1.807, 2.05) is 0 Å². The van der Waals surface area contributed by atoms with Gasteiger partial charge < -0.3 is 5.32 Å². The van der Waals surface area contributed by atoms with Crippen LogP contribution < -0.4 is 5.32 Å². The molecule has 0 spiro atoms. The first-order valence-electron chi connectivity index (χ1n) is 8.09. The Balaban J connectivity index is 2.69. The molecule has 1 N–H and O–H groups in total. The normalized spacial score (nSPS) is 13.2. The second-order valence-electron chi connectivity index (χ2n) is 6.15. The van der Waals surface area contributed by atoms with Crippen molar-refractivity contribution in [3.63, 3.8) is 0 Å². The topological polar surface area (TPSA) is 15.3 Å². The van der Waals surface area contributed by atoms with E-state index in [9.17, 15) is 0 Å². The van der Waals surface area contributed by atoms with Crippen molar-refractivity contribution < 1.29 is 0 Å². The molecule has 0 aliphatic rings. The van der Waals surface area contributed by atoms with Gasteiger partial charge in [-0.2, -0.15) is 0 Å². The summed E-state index contributed by atoms with van der Waals surface area (Å²) in [4.78, 5) is 2.56. The van der Waals surface area contributed by atoms with Crippen LogP contribution in [0, 0.1) is 5.92 Å². The predicted molar refractivity (Wildman–Crippen MR) is 88.8 cm³/mol. The maximum atomic E-state index is 3.53. The van der Waals surface area contributed by atoms with E-state index < -0.39 is 0 Å². The van der Waals surface area contributed by atoms with E-state index >= 15 is 0 Å². The summed E-state index contributed by atoms with van der Waals surface area (Å²) in [6.07, 6.45) is 1.26. The maximum Gasteiger partial charge on any atom is 0.0236 e. The Labute approximate surface area is 125 Å². The average molecular weight is 276 g/mol. The van der Waals surface area contributed by atoms with Gasteiger partial charge in [0.15, 0.2) is 0 Å². The minimum absolute atomic E-state index is 0.533. The van der Waals surface area contributed by atoms with Gasteiger partial charge in [0, 0.05) is 25.7 Å². The Morgan fingerprint density at radius 3 is 2.25 bits per heavy atom. The molecule has 0 aliphatic heterocycles. The van der Waals surface area contributed by atoms with Crippen molar-refractivity contribution in [2.75, 3.05) is 13.1 Å².